The van der Waals surface area contributed by atoms with Crippen molar-refractivity contribution in [3.63, 3.8) is 0 Å². The second-order valence-corrected chi connectivity index (χ2v) is 11.2. The number of pyridine rings is 1. The van der Waals surface area contributed by atoms with Gasteiger partial charge in [-0.1, -0.05) is 6.07 Å². The molecule has 0 radical (unpaired) electrons. The van der Waals surface area contributed by atoms with Crippen molar-refractivity contribution in [3.8, 4) is 28.4 Å². The van der Waals surface area contributed by atoms with Crippen LogP contribution in [0, 0.1) is 13.8 Å². The number of nitrogens with one attached hydrogen (secondary N) is 2. The number of ether oxygens (including phenoxy) is 4. The maximum atomic E-state index is 13.1. The Balaban J connectivity index is 1.72. The van der Waals surface area contributed by atoms with Crippen molar-refractivity contribution in [3.05, 3.63) is 75.3 Å². The number of H-pyrrole nitrogens is 1. The largest absolute Gasteiger partial charge is 0.491 e. The zero-order valence-corrected chi connectivity index (χ0v) is 26.6. The molecule has 2 heterocycles. The van der Waals surface area contributed by atoms with Gasteiger partial charge in [-0.15, -0.1) is 0 Å². The summed E-state index contributed by atoms with van der Waals surface area (Å²) in [4.78, 5) is 28.8. The van der Waals surface area contributed by atoms with Gasteiger partial charge in [0.15, 0.2) is 0 Å². The number of amides is 1. The van der Waals surface area contributed by atoms with E-state index in [0.29, 0.717) is 84.4 Å². The Bertz CT molecular complexity index is 1660. The van der Waals surface area contributed by atoms with Crippen LogP contribution in [0.4, 0.5) is 0 Å². The maximum Gasteiger partial charge on any atom is 0.274 e. The van der Waals surface area contributed by atoms with Gasteiger partial charge in [-0.05, 0) is 88.6 Å². The quantitative estimate of drug-likeness (QED) is 0.166. The summed E-state index contributed by atoms with van der Waals surface area (Å²) in [7, 11) is 1.66. The fraction of sp³-hybridized carbons (Fsp3) is 0.412. The molecule has 0 saturated carbocycles. The van der Waals surface area contributed by atoms with Crippen LogP contribution in [-0.4, -0.2) is 60.1 Å². The summed E-state index contributed by atoms with van der Waals surface area (Å²) in [5.74, 6) is 1.61. The first-order valence-corrected chi connectivity index (χ1v) is 14.9. The van der Waals surface area contributed by atoms with Crippen molar-refractivity contribution < 1.29 is 28.8 Å². The molecule has 10 nitrogen and oxygen atoms in total. The third-order valence-electron chi connectivity index (χ3n) is 7.24. The Labute approximate surface area is 257 Å². The average Bonchev–Trinajstić information content (AvgIpc) is 3.42. The van der Waals surface area contributed by atoms with E-state index in [2.05, 4.69) is 10.3 Å². The Morgan fingerprint density at radius 3 is 2.32 bits per heavy atom. The van der Waals surface area contributed by atoms with E-state index in [1.54, 1.807) is 33.2 Å². The van der Waals surface area contributed by atoms with Crippen molar-refractivity contribution in [1.29, 1.82) is 0 Å². The fourth-order valence-electron chi connectivity index (χ4n) is 4.98. The molecule has 0 aliphatic rings. The first kappa shape index (κ1) is 32.8. The SMILES string of the molecule is CCNC(=O)c1cc2c(-c3cc(C(C)(C)O)ccc3Oc3c(C)cc(OCCOCCOCC)cc3C)cn(C)c(=O)c2[nH]1. The van der Waals surface area contributed by atoms with E-state index in [9.17, 15) is 14.7 Å². The van der Waals surface area contributed by atoms with Gasteiger partial charge in [0.2, 0.25) is 0 Å². The Morgan fingerprint density at radius 1 is 0.977 bits per heavy atom. The smallest absolute Gasteiger partial charge is 0.274 e. The lowest BCUT2D eigenvalue weighted by Crippen LogP contribution is -2.23. The molecule has 0 aliphatic heterocycles. The zero-order chi connectivity index (χ0) is 32.0. The summed E-state index contributed by atoms with van der Waals surface area (Å²) >= 11 is 0. The lowest BCUT2D eigenvalue weighted by atomic mass is 9.93. The zero-order valence-electron chi connectivity index (χ0n) is 26.6. The van der Waals surface area contributed by atoms with Crippen molar-refractivity contribution in [2.45, 2.75) is 47.1 Å². The number of rotatable bonds is 14. The minimum absolute atomic E-state index is 0.262. The van der Waals surface area contributed by atoms with Gasteiger partial charge >= 0.3 is 0 Å². The highest BCUT2D eigenvalue weighted by Gasteiger charge is 2.23. The highest BCUT2D eigenvalue weighted by molar-refractivity contribution is 6.03. The summed E-state index contributed by atoms with van der Waals surface area (Å²) in [6.45, 7) is 14.2. The van der Waals surface area contributed by atoms with E-state index in [0.717, 1.165) is 11.1 Å². The average molecular weight is 606 g/mol. The molecule has 2 aromatic carbocycles. The van der Waals surface area contributed by atoms with Gasteiger partial charge in [0.05, 0.1) is 25.4 Å². The van der Waals surface area contributed by atoms with Crippen LogP contribution in [0.15, 0.2) is 47.4 Å². The van der Waals surface area contributed by atoms with Crippen molar-refractivity contribution in [2.24, 2.45) is 7.05 Å². The van der Waals surface area contributed by atoms with Crippen molar-refractivity contribution in [1.82, 2.24) is 14.9 Å². The molecule has 0 saturated heterocycles. The maximum absolute atomic E-state index is 13.1. The Morgan fingerprint density at radius 2 is 1.66 bits per heavy atom. The highest BCUT2D eigenvalue weighted by Crippen LogP contribution is 2.41. The number of hydrogen-bond acceptors (Lipinski definition) is 7. The Kier molecular flexibility index (Phi) is 10.5. The number of fused-ring (bicyclic) bond motifs is 1. The molecular formula is C34H43N3O7. The normalized spacial score (nSPS) is 11.6. The number of nitrogens with zero attached hydrogens (tertiary/aromatic N) is 1. The predicted octanol–water partition coefficient (Wildman–Crippen LogP) is 5.35. The van der Waals surface area contributed by atoms with Crippen LogP contribution < -0.4 is 20.3 Å². The van der Waals surface area contributed by atoms with Gasteiger partial charge in [0, 0.05) is 42.9 Å². The van der Waals surface area contributed by atoms with Crippen LogP contribution in [0.25, 0.3) is 22.0 Å². The van der Waals surface area contributed by atoms with E-state index in [1.807, 2.05) is 58.0 Å². The lowest BCUT2D eigenvalue weighted by Gasteiger charge is -2.22. The number of hydrogen-bond donors (Lipinski definition) is 3. The lowest BCUT2D eigenvalue weighted by molar-refractivity contribution is 0.0404. The molecule has 0 spiro atoms. The molecule has 236 valence electrons. The first-order chi connectivity index (χ1) is 20.9. The van der Waals surface area contributed by atoms with Gasteiger partial charge in [0.1, 0.15) is 35.1 Å². The van der Waals surface area contributed by atoms with E-state index in [-0.39, 0.29) is 17.2 Å². The van der Waals surface area contributed by atoms with Crippen LogP contribution >= 0.6 is 0 Å². The van der Waals surface area contributed by atoms with E-state index in [4.69, 9.17) is 18.9 Å². The third kappa shape index (κ3) is 7.50. The van der Waals surface area contributed by atoms with Gasteiger partial charge in [-0.25, -0.2) is 0 Å². The van der Waals surface area contributed by atoms with E-state index < -0.39 is 5.60 Å². The van der Waals surface area contributed by atoms with Crippen LogP contribution in [0.5, 0.6) is 17.2 Å². The predicted molar refractivity (Wildman–Crippen MR) is 171 cm³/mol. The summed E-state index contributed by atoms with van der Waals surface area (Å²) in [6, 6.07) is 11.0. The van der Waals surface area contributed by atoms with Crippen LogP contribution in [0.3, 0.4) is 0 Å². The van der Waals surface area contributed by atoms with E-state index >= 15 is 0 Å². The van der Waals surface area contributed by atoms with Gasteiger partial charge in [-0.3, -0.25) is 9.59 Å². The standard InChI is InChI=1S/C34H43N3O7/c1-8-35-32(38)28-19-26-27(20-37(7)33(39)30(26)36-28)25-18-23(34(5,6)40)10-11-29(25)44-31-21(3)16-24(17-22(31)4)43-15-14-42-13-12-41-9-2/h10-11,16-20,36,40H,8-9,12-15H2,1-7H3,(H,35,38). The minimum Gasteiger partial charge on any atom is -0.491 e. The highest BCUT2D eigenvalue weighted by atomic mass is 16.5. The Hall–Kier alpha value is -4.12. The fourth-order valence-corrected chi connectivity index (χ4v) is 4.98. The molecule has 0 unspecified atom stereocenters. The van der Waals surface area contributed by atoms with Crippen LogP contribution in [0.1, 0.15) is 54.9 Å². The number of aliphatic hydroxyl groups is 1. The summed E-state index contributed by atoms with van der Waals surface area (Å²) in [5, 5.41) is 14.2. The van der Waals surface area contributed by atoms with Crippen LogP contribution in [0.2, 0.25) is 0 Å². The molecule has 44 heavy (non-hydrogen) atoms. The molecular weight excluding hydrogens is 562 g/mol. The molecule has 2 aromatic heterocycles. The molecule has 4 rings (SSSR count). The molecule has 1 amide bonds. The van der Waals surface area contributed by atoms with Crippen LogP contribution in [-0.2, 0) is 22.1 Å². The van der Waals surface area contributed by atoms with Gasteiger partial charge in [-0.2, -0.15) is 0 Å². The second kappa shape index (κ2) is 14.1. The number of carbonyl (C=O) groups excluding carboxylic acids is 1. The minimum atomic E-state index is -1.13. The number of benzene rings is 2. The molecule has 3 N–H and O–H groups in total. The molecule has 0 atom stereocenters. The number of aromatic nitrogens is 2. The number of aryl methyl sites for hydroxylation is 3. The molecule has 4 aromatic rings. The molecule has 0 fully saturated rings. The molecule has 0 bridgehead atoms. The van der Waals surface area contributed by atoms with Crippen molar-refractivity contribution >= 4 is 16.8 Å². The number of aromatic amines is 1. The summed E-state index contributed by atoms with van der Waals surface area (Å²) < 4.78 is 24.8. The second-order valence-electron chi connectivity index (χ2n) is 11.2. The third-order valence-corrected chi connectivity index (χ3v) is 7.24. The van der Waals surface area contributed by atoms with Gasteiger partial charge in [0.25, 0.3) is 11.5 Å². The van der Waals surface area contributed by atoms with Gasteiger partial charge < -0.3 is 38.9 Å². The monoisotopic (exact) mass is 605 g/mol. The molecule has 0 aliphatic carbocycles. The first-order valence-electron chi connectivity index (χ1n) is 14.9. The van der Waals surface area contributed by atoms with E-state index in [1.165, 1.54) is 4.57 Å². The number of carbonyl (C=O) groups is 1. The topological polar surface area (TPSA) is 124 Å². The summed E-state index contributed by atoms with van der Waals surface area (Å²) in [6.07, 6.45) is 1.73. The summed E-state index contributed by atoms with van der Waals surface area (Å²) in [5.41, 5.74) is 2.96. The molecule has 10 heteroatoms. The van der Waals surface area contributed by atoms with Crippen molar-refractivity contribution in [2.75, 3.05) is 39.6 Å².